The predicted octanol–water partition coefficient (Wildman–Crippen LogP) is 5.08. The maximum Gasteiger partial charge on any atom is 0.417 e. The van der Waals surface area contributed by atoms with E-state index in [9.17, 15) is 30.8 Å². The topological polar surface area (TPSA) is 76.6 Å². The lowest BCUT2D eigenvalue weighted by atomic mass is 10.2. The molecule has 2 aromatic carbocycles. The second-order valence-electron chi connectivity index (χ2n) is 6.68. The summed E-state index contributed by atoms with van der Waals surface area (Å²) in [6.07, 6.45) is -4.27. The van der Waals surface area contributed by atoms with Crippen molar-refractivity contribution in [1.82, 2.24) is 4.98 Å². The summed E-state index contributed by atoms with van der Waals surface area (Å²) in [5, 5.41) is -0.554. The smallest absolute Gasteiger partial charge is 0.417 e. The first-order valence-corrected chi connectivity index (χ1v) is 10.9. The van der Waals surface area contributed by atoms with Gasteiger partial charge in [0.1, 0.15) is 5.82 Å². The van der Waals surface area contributed by atoms with Crippen LogP contribution >= 0.6 is 11.6 Å². The van der Waals surface area contributed by atoms with E-state index in [1.807, 2.05) is 0 Å². The number of sulfonamides is 1. The van der Waals surface area contributed by atoms with Crippen LogP contribution in [0.15, 0.2) is 65.7 Å². The molecule has 33 heavy (non-hydrogen) atoms. The van der Waals surface area contributed by atoms with Gasteiger partial charge in [0.2, 0.25) is 0 Å². The summed E-state index contributed by atoms with van der Waals surface area (Å²) >= 11 is 6.01. The predicted molar refractivity (Wildman–Crippen MR) is 112 cm³/mol. The SMILES string of the molecule is COC(=O)c1ccc(S(=O)(=O)N(Cc2ccc(F)cc2)c2ncc(C(F)(F)F)cc2Cl)cc1. The Morgan fingerprint density at radius 2 is 1.70 bits per heavy atom. The van der Waals surface area contributed by atoms with Crippen LogP contribution in [0.25, 0.3) is 0 Å². The Balaban J connectivity index is 2.10. The summed E-state index contributed by atoms with van der Waals surface area (Å²) in [7, 11) is -3.26. The zero-order valence-corrected chi connectivity index (χ0v) is 18.4. The number of methoxy groups -OCH3 is 1. The molecule has 0 N–H and O–H groups in total. The highest BCUT2D eigenvalue weighted by atomic mass is 35.5. The molecule has 0 spiro atoms. The molecule has 1 aromatic heterocycles. The highest BCUT2D eigenvalue weighted by molar-refractivity contribution is 7.92. The second kappa shape index (κ2) is 9.36. The highest BCUT2D eigenvalue weighted by Crippen LogP contribution is 2.36. The van der Waals surface area contributed by atoms with Gasteiger partial charge >= 0.3 is 12.1 Å². The fourth-order valence-corrected chi connectivity index (χ4v) is 4.55. The molecule has 0 radical (unpaired) electrons. The lowest BCUT2D eigenvalue weighted by molar-refractivity contribution is -0.137. The van der Waals surface area contributed by atoms with E-state index >= 15 is 0 Å². The molecule has 0 aliphatic rings. The van der Waals surface area contributed by atoms with Gasteiger partial charge in [0, 0.05) is 6.20 Å². The maximum atomic E-state index is 13.4. The van der Waals surface area contributed by atoms with Crippen LogP contribution in [0.2, 0.25) is 5.02 Å². The molecule has 0 amide bonds. The molecule has 3 rings (SSSR count). The molecule has 1 heterocycles. The number of esters is 1. The Morgan fingerprint density at radius 1 is 1.09 bits per heavy atom. The minimum absolute atomic E-state index is 0.0900. The number of nitrogens with zero attached hydrogens (tertiary/aromatic N) is 2. The van der Waals surface area contributed by atoms with E-state index in [1.54, 1.807) is 0 Å². The number of anilines is 1. The van der Waals surface area contributed by atoms with E-state index in [0.29, 0.717) is 22.1 Å². The third-order valence-electron chi connectivity index (χ3n) is 4.49. The van der Waals surface area contributed by atoms with Gasteiger partial charge in [-0.25, -0.2) is 26.9 Å². The fraction of sp³-hybridized carbons (Fsp3) is 0.143. The van der Waals surface area contributed by atoms with Crippen molar-refractivity contribution in [3.63, 3.8) is 0 Å². The number of halogens is 5. The first kappa shape index (κ1) is 24.5. The van der Waals surface area contributed by atoms with Crippen molar-refractivity contribution in [2.24, 2.45) is 0 Å². The van der Waals surface area contributed by atoms with Gasteiger partial charge in [-0.3, -0.25) is 0 Å². The molecular weight excluding hydrogens is 488 g/mol. The molecule has 6 nitrogen and oxygen atoms in total. The molecule has 0 aliphatic heterocycles. The zero-order chi connectivity index (χ0) is 24.4. The summed E-state index contributed by atoms with van der Waals surface area (Å²) in [5.74, 6) is -1.70. The van der Waals surface area contributed by atoms with Gasteiger partial charge < -0.3 is 4.74 Å². The molecular formula is C21H15ClF4N2O4S. The zero-order valence-electron chi connectivity index (χ0n) is 16.8. The Bertz CT molecular complexity index is 1260. The lowest BCUT2D eigenvalue weighted by Gasteiger charge is -2.25. The normalized spacial score (nSPS) is 11.8. The van der Waals surface area contributed by atoms with Crippen LogP contribution in [0, 0.1) is 5.82 Å². The molecule has 0 saturated carbocycles. The second-order valence-corrected chi connectivity index (χ2v) is 8.95. The minimum Gasteiger partial charge on any atom is -0.465 e. The number of alkyl halides is 3. The van der Waals surface area contributed by atoms with Crippen LogP contribution in [-0.4, -0.2) is 26.5 Å². The van der Waals surface area contributed by atoms with E-state index in [1.165, 1.54) is 24.3 Å². The number of benzene rings is 2. The quantitative estimate of drug-likeness (QED) is 0.347. The van der Waals surface area contributed by atoms with E-state index < -0.39 is 50.9 Å². The van der Waals surface area contributed by atoms with Crippen LogP contribution in [0.5, 0.6) is 0 Å². The number of pyridine rings is 1. The monoisotopic (exact) mass is 502 g/mol. The summed E-state index contributed by atoms with van der Waals surface area (Å²) in [6, 6.07) is 10.1. The van der Waals surface area contributed by atoms with E-state index in [-0.39, 0.29) is 10.5 Å². The van der Waals surface area contributed by atoms with Gasteiger partial charge in [0.05, 0.1) is 34.7 Å². The van der Waals surface area contributed by atoms with Crippen LogP contribution in [-0.2, 0) is 27.5 Å². The van der Waals surface area contributed by atoms with Crippen molar-refractivity contribution in [2.75, 3.05) is 11.4 Å². The van der Waals surface area contributed by atoms with Crippen molar-refractivity contribution in [3.05, 3.63) is 88.3 Å². The largest absolute Gasteiger partial charge is 0.465 e. The molecule has 0 aliphatic carbocycles. The molecule has 12 heteroatoms. The van der Waals surface area contributed by atoms with Gasteiger partial charge in [-0.05, 0) is 48.0 Å². The summed E-state index contributed by atoms with van der Waals surface area (Å²) in [5.41, 5.74) is -0.742. The molecule has 0 atom stereocenters. The number of hydrogen-bond acceptors (Lipinski definition) is 5. The molecule has 174 valence electrons. The van der Waals surface area contributed by atoms with Crippen LogP contribution in [0.3, 0.4) is 0 Å². The van der Waals surface area contributed by atoms with Crippen LogP contribution in [0.1, 0.15) is 21.5 Å². The van der Waals surface area contributed by atoms with E-state index in [4.69, 9.17) is 11.6 Å². The van der Waals surface area contributed by atoms with Gasteiger partial charge in [-0.15, -0.1) is 0 Å². The number of carbonyl (C=O) groups is 1. The maximum absolute atomic E-state index is 13.4. The number of aromatic nitrogens is 1. The third kappa shape index (κ3) is 5.42. The minimum atomic E-state index is -4.74. The standard InChI is InChI=1S/C21H15ClF4N2O4S/c1-32-20(29)14-4-8-17(9-5-14)33(30,31)28(12-13-2-6-16(23)7-3-13)19-18(22)10-15(11-27-19)21(24,25)26/h2-11H,12H2,1H3. The van der Waals surface area contributed by atoms with E-state index in [0.717, 1.165) is 31.4 Å². The fourth-order valence-electron chi connectivity index (χ4n) is 2.81. The average molecular weight is 503 g/mol. The first-order valence-electron chi connectivity index (χ1n) is 9.12. The third-order valence-corrected chi connectivity index (χ3v) is 6.52. The van der Waals surface area contributed by atoms with Crippen molar-refractivity contribution in [3.8, 4) is 0 Å². The van der Waals surface area contributed by atoms with Crippen LogP contribution in [0.4, 0.5) is 23.4 Å². The lowest BCUT2D eigenvalue weighted by Crippen LogP contribution is -2.32. The van der Waals surface area contributed by atoms with Crippen LogP contribution < -0.4 is 4.31 Å². The summed E-state index contributed by atoms with van der Waals surface area (Å²) in [4.78, 5) is 15.0. The van der Waals surface area contributed by atoms with Gasteiger partial charge in [0.25, 0.3) is 10.0 Å². The summed E-state index contributed by atoms with van der Waals surface area (Å²) in [6.45, 7) is -0.403. The highest BCUT2D eigenvalue weighted by Gasteiger charge is 2.34. The first-order chi connectivity index (χ1) is 15.4. The van der Waals surface area contributed by atoms with Crippen molar-refractivity contribution < 1.29 is 35.5 Å². The number of rotatable bonds is 6. The van der Waals surface area contributed by atoms with Crippen molar-refractivity contribution in [2.45, 2.75) is 17.6 Å². The molecule has 0 saturated heterocycles. The Morgan fingerprint density at radius 3 is 2.21 bits per heavy atom. The average Bonchev–Trinajstić information content (AvgIpc) is 2.77. The molecule has 0 fully saturated rings. The Hall–Kier alpha value is -3.18. The van der Waals surface area contributed by atoms with Gasteiger partial charge in [-0.2, -0.15) is 13.2 Å². The van der Waals surface area contributed by atoms with Gasteiger partial charge in [-0.1, -0.05) is 23.7 Å². The van der Waals surface area contributed by atoms with Crippen molar-refractivity contribution in [1.29, 1.82) is 0 Å². The molecule has 0 unspecified atom stereocenters. The number of hydrogen-bond donors (Lipinski definition) is 0. The number of ether oxygens (including phenoxy) is 1. The van der Waals surface area contributed by atoms with E-state index in [2.05, 4.69) is 9.72 Å². The molecule has 3 aromatic rings. The van der Waals surface area contributed by atoms with Gasteiger partial charge in [0.15, 0.2) is 5.82 Å². The Kier molecular flexibility index (Phi) is 6.94. The molecule has 0 bridgehead atoms. The summed E-state index contributed by atoms with van der Waals surface area (Å²) < 4.78 is 84.4. The number of carbonyl (C=O) groups excluding carboxylic acids is 1. The van der Waals surface area contributed by atoms with Crippen molar-refractivity contribution >= 4 is 33.4 Å². The Labute approximate surface area is 191 Å².